The summed E-state index contributed by atoms with van der Waals surface area (Å²) in [5.74, 6) is -0.507. The van der Waals surface area contributed by atoms with E-state index in [2.05, 4.69) is 10.4 Å². The molecule has 2 aliphatic rings. The number of amides is 1. The highest BCUT2D eigenvalue weighted by Gasteiger charge is 2.48. The first-order chi connectivity index (χ1) is 8.12. The molecule has 1 aromatic heterocycles. The number of aromatic nitrogens is 2. The van der Waals surface area contributed by atoms with Crippen LogP contribution in [0.5, 0.6) is 0 Å². The minimum atomic E-state index is -0.560. The maximum atomic E-state index is 11.8. The quantitative estimate of drug-likeness (QED) is 0.585. The molecule has 90 valence electrons. The van der Waals surface area contributed by atoms with Crippen molar-refractivity contribution >= 4 is 11.7 Å². The first-order valence-corrected chi connectivity index (χ1v) is 5.70. The smallest absolute Gasteiger partial charge is 0.358 e. The summed E-state index contributed by atoms with van der Waals surface area (Å²) in [5.41, 5.74) is -0.211. The topological polar surface area (TPSA) is 90.1 Å². The van der Waals surface area contributed by atoms with E-state index in [1.165, 1.54) is 10.7 Å². The summed E-state index contributed by atoms with van der Waals surface area (Å²) >= 11 is 0. The third kappa shape index (κ3) is 1.35. The predicted octanol–water partition coefficient (Wildman–Crippen LogP) is 1.15. The number of nitrogens with one attached hydrogen (secondary N) is 1. The number of nitro groups is 1. The Kier molecular flexibility index (Phi) is 1.98. The van der Waals surface area contributed by atoms with E-state index in [0.717, 1.165) is 32.1 Å². The van der Waals surface area contributed by atoms with Crippen molar-refractivity contribution in [1.82, 2.24) is 15.1 Å². The van der Waals surface area contributed by atoms with Gasteiger partial charge in [0.05, 0.1) is 11.2 Å². The molecule has 0 radical (unpaired) electrons. The molecule has 1 aliphatic carbocycles. The molecule has 0 atom stereocenters. The summed E-state index contributed by atoms with van der Waals surface area (Å²) in [6.45, 7) is 0. The zero-order valence-electron chi connectivity index (χ0n) is 9.18. The summed E-state index contributed by atoms with van der Waals surface area (Å²) < 4.78 is 1.52. The van der Waals surface area contributed by atoms with Crippen LogP contribution >= 0.6 is 0 Å². The Morgan fingerprint density at radius 1 is 1.41 bits per heavy atom. The van der Waals surface area contributed by atoms with Crippen molar-refractivity contribution in [1.29, 1.82) is 0 Å². The maximum absolute atomic E-state index is 11.8. The van der Waals surface area contributed by atoms with Gasteiger partial charge >= 0.3 is 5.82 Å². The molecule has 1 saturated carbocycles. The van der Waals surface area contributed by atoms with Crippen LogP contribution < -0.4 is 5.32 Å². The van der Waals surface area contributed by atoms with Gasteiger partial charge in [-0.2, -0.15) is 0 Å². The maximum Gasteiger partial charge on any atom is 0.390 e. The number of fused-ring (bicyclic) bond motifs is 2. The molecule has 1 fully saturated rings. The zero-order chi connectivity index (χ0) is 12.0. The molecule has 1 N–H and O–H groups in total. The van der Waals surface area contributed by atoms with Crippen molar-refractivity contribution in [2.45, 2.75) is 37.8 Å². The van der Waals surface area contributed by atoms with Gasteiger partial charge in [-0.3, -0.25) is 4.79 Å². The van der Waals surface area contributed by atoms with Crippen molar-refractivity contribution in [2.24, 2.45) is 0 Å². The van der Waals surface area contributed by atoms with Crippen LogP contribution in [0.3, 0.4) is 0 Å². The second-order valence-corrected chi connectivity index (χ2v) is 4.60. The van der Waals surface area contributed by atoms with Crippen molar-refractivity contribution in [2.75, 3.05) is 0 Å². The molecule has 1 amide bonds. The number of hydrogen-bond acceptors (Lipinski definition) is 4. The van der Waals surface area contributed by atoms with Gasteiger partial charge in [-0.15, -0.1) is 4.68 Å². The lowest BCUT2D eigenvalue weighted by Crippen LogP contribution is -2.45. The van der Waals surface area contributed by atoms with Crippen LogP contribution in [0.25, 0.3) is 0 Å². The molecule has 7 nitrogen and oxygen atoms in total. The molecule has 0 saturated heterocycles. The number of rotatable bonds is 1. The number of carbonyl (C=O) groups is 1. The molecule has 3 rings (SSSR count). The van der Waals surface area contributed by atoms with Crippen molar-refractivity contribution in [3.05, 3.63) is 21.9 Å². The van der Waals surface area contributed by atoms with Crippen LogP contribution in [0.2, 0.25) is 0 Å². The van der Waals surface area contributed by atoms with E-state index in [1.807, 2.05) is 0 Å². The molecule has 0 unspecified atom stereocenters. The second-order valence-electron chi connectivity index (χ2n) is 4.60. The van der Waals surface area contributed by atoms with Crippen LogP contribution in [0.4, 0.5) is 5.82 Å². The second kappa shape index (κ2) is 3.28. The molecule has 17 heavy (non-hydrogen) atoms. The molecular weight excluding hydrogens is 224 g/mol. The van der Waals surface area contributed by atoms with E-state index >= 15 is 0 Å². The molecular formula is C10H12N4O3. The van der Waals surface area contributed by atoms with Crippen LogP contribution in [0.1, 0.15) is 42.6 Å². The Hall–Kier alpha value is -1.92. The molecule has 7 heteroatoms. The molecule has 1 aliphatic heterocycles. The SMILES string of the molecule is O=C1NC2(CCCCC2)n2nc([N+](=O)[O-])cc21. The summed E-state index contributed by atoms with van der Waals surface area (Å²) in [7, 11) is 0. The highest BCUT2D eigenvalue weighted by atomic mass is 16.6. The van der Waals surface area contributed by atoms with E-state index < -0.39 is 10.6 Å². The van der Waals surface area contributed by atoms with E-state index in [-0.39, 0.29) is 11.7 Å². The minimum Gasteiger partial charge on any atom is -0.358 e. The van der Waals surface area contributed by atoms with Gasteiger partial charge < -0.3 is 15.4 Å². The lowest BCUT2D eigenvalue weighted by atomic mass is 9.90. The third-order valence-corrected chi connectivity index (χ3v) is 3.55. The number of hydrogen-bond donors (Lipinski definition) is 1. The highest BCUT2D eigenvalue weighted by molar-refractivity contribution is 5.95. The van der Waals surface area contributed by atoms with Gasteiger partial charge in [-0.05, 0) is 30.6 Å². The fourth-order valence-corrected chi connectivity index (χ4v) is 2.75. The fraction of sp³-hybridized carbons (Fsp3) is 0.600. The van der Waals surface area contributed by atoms with Crippen LogP contribution in [-0.4, -0.2) is 20.6 Å². The van der Waals surface area contributed by atoms with Crippen molar-refractivity contribution in [3.8, 4) is 0 Å². The van der Waals surface area contributed by atoms with Gasteiger partial charge in [0, 0.05) is 0 Å². The van der Waals surface area contributed by atoms with Gasteiger partial charge in [0.25, 0.3) is 5.91 Å². The Labute approximate surface area is 96.9 Å². The lowest BCUT2D eigenvalue weighted by Gasteiger charge is -2.31. The number of carbonyl (C=O) groups excluding carboxylic acids is 1. The average molecular weight is 236 g/mol. The van der Waals surface area contributed by atoms with E-state index in [0.29, 0.717) is 5.69 Å². The molecule has 1 spiro atoms. The van der Waals surface area contributed by atoms with Crippen molar-refractivity contribution < 1.29 is 9.72 Å². The Bertz CT molecular complexity index is 502. The van der Waals surface area contributed by atoms with Gasteiger partial charge in [0.2, 0.25) is 0 Å². The van der Waals surface area contributed by atoms with E-state index in [1.54, 1.807) is 0 Å². The summed E-state index contributed by atoms with van der Waals surface area (Å²) in [6, 6.07) is 1.25. The standard InChI is InChI=1S/C10H12N4O3/c15-9-7-6-8(14(16)17)12-13(7)10(11-9)4-2-1-3-5-10/h6H,1-5H2,(H,11,15). The highest BCUT2D eigenvalue weighted by Crippen LogP contribution is 2.37. The van der Waals surface area contributed by atoms with Crippen LogP contribution in [0.15, 0.2) is 6.07 Å². The van der Waals surface area contributed by atoms with E-state index in [4.69, 9.17) is 0 Å². The normalized spacial score (nSPS) is 21.3. The van der Waals surface area contributed by atoms with Crippen LogP contribution in [-0.2, 0) is 5.66 Å². The summed E-state index contributed by atoms with van der Waals surface area (Å²) in [5, 5.41) is 17.6. The van der Waals surface area contributed by atoms with Gasteiger partial charge in [-0.1, -0.05) is 6.42 Å². The van der Waals surface area contributed by atoms with Gasteiger partial charge in [-0.25, -0.2) is 0 Å². The average Bonchev–Trinajstić information content (AvgIpc) is 2.83. The summed E-state index contributed by atoms with van der Waals surface area (Å²) in [4.78, 5) is 21.9. The first-order valence-electron chi connectivity index (χ1n) is 5.70. The van der Waals surface area contributed by atoms with Crippen LogP contribution in [0, 0.1) is 10.1 Å². The molecule has 2 heterocycles. The predicted molar refractivity (Wildman–Crippen MR) is 57.4 cm³/mol. The Balaban J connectivity index is 2.08. The Morgan fingerprint density at radius 3 is 2.76 bits per heavy atom. The van der Waals surface area contributed by atoms with Gasteiger partial charge in [0.1, 0.15) is 0 Å². The number of nitrogens with zero attached hydrogens (tertiary/aromatic N) is 3. The lowest BCUT2D eigenvalue weighted by molar-refractivity contribution is -0.390. The Morgan fingerprint density at radius 2 is 2.12 bits per heavy atom. The fourth-order valence-electron chi connectivity index (χ4n) is 2.75. The third-order valence-electron chi connectivity index (χ3n) is 3.55. The van der Waals surface area contributed by atoms with E-state index in [9.17, 15) is 14.9 Å². The minimum absolute atomic E-state index is 0.250. The largest absolute Gasteiger partial charge is 0.390 e. The molecule has 1 aromatic rings. The molecule has 0 bridgehead atoms. The summed E-state index contributed by atoms with van der Waals surface area (Å²) in [6.07, 6.45) is 4.74. The van der Waals surface area contributed by atoms with Gasteiger partial charge in [0.15, 0.2) is 11.4 Å². The monoisotopic (exact) mass is 236 g/mol. The zero-order valence-corrected chi connectivity index (χ0v) is 9.18. The first kappa shape index (κ1) is 10.2. The molecule has 0 aromatic carbocycles. The van der Waals surface area contributed by atoms with Crippen molar-refractivity contribution in [3.63, 3.8) is 0 Å².